The molecule has 0 saturated carbocycles. The Hall–Kier alpha value is -1.98. The van der Waals surface area contributed by atoms with Crippen LogP contribution in [-0.4, -0.2) is 35.8 Å². The van der Waals surface area contributed by atoms with Gasteiger partial charge in [-0.2, -0.15) is 0 Å². The van der Waals surface area contributed by atoms with Crippen LogP contribution in [0.4, 0.5) is 14.9 Å². The van der Waals surface area contributed by atoms with Crippen molar-refractivity contribution >= 4 is 11.8 Å². The zero-order valence-corrected chi connectivity index (χ0v) is 12.6. The van der Waals surface area contributed by atoms with Gasteiger partial charge in [0.2, 0.25) is 0 Å². The number of hydrogen-bond donors (Lipinski definition) is 1. The van der Waals surface area contributed by atoms with E-state index in [-0.39, 0.29) is 17.9 Å². The van der Waals surface area contributed by atoms with Crippen molar-refractivity contribution < 1.29 is 18.7 Å². The molecule has 5 nitrogen and oxygen atoms in total. The Morgan fingerprint density at radius 2 is 2.14 bits per heavy atom. The van der Waals surface area contributed by atoms with Gasteiger partial charge in [0.05, 0.1) is 12.2 Å². The summed E-state index contributed by atoms with van der Waals surface area (Å²) in [5, 5.41) is 0. The molecule has 1 aliphatic heterocycles. The second-order valence-electron chi connectivity index (χ2n) is 6.14. The average molecular weight is 296 g/mol. The van der Waals surface area contributed by atoms with E-state index in [1.54, 1.807) is 4.90 Å². The van der Waals surface area contributed by atoms with Crippen molar-refractivity contribution in [3.63, 3.8) is 0 Å². The maximum absolute atomic E-state index is 13.0. The standard InChI is InChI=1S/C15H21FN2O3/c1-15(2,3)21-14(19)18-7-6-11(9-18)20-13-5-4-10(16)8-12(13)17/h4-5,8,11H,6-7,9,17H2,1-3H3. The molecule has 1 unspecified atom stereocenters. The van der Waals surface area contributed by atoms with Crippen LogP contribution in [0.3, 0.4) is 0 Å². The van der Waals surface area contributed by atoms with E-state index in [4.69, 9.17) is 15.2 Å². The molecule has 0 aromatic heterocycles. The van der Waals surface area contributed by atoms with Gasteiger partial charge in [-0.25, -0.2) is 9.18 Å². The molecule has 0 radical (unpaired) electrons. The molecule has 1 amide bonds. The number of carbonyl (C=O) groups is 1. The second-order valence-corrected chi connectivity index (χ2v) is 6.14. The minimum Gasteiger partial charge on any atom is -0.486 e. The Balaban J connectivity index is 1.92. The summed E-state index contributed by atoms with van der Waals surface area (Å²) in [6.07, 6.45) is 0.182. The number of rotatable bonds is 2. The summed E-state index contributed by atoms with van der Waals surface area (Å²) in [5.41, 5.74) is 5.45. The summed E-state index contributed by atoms with van der Waals surface area (Å²) in [5.74, 6) is 0.0362. The number of hydrogen-bond acceptors (Lipinski definition) is 4. The first kappa shape index (κ1) is 15.4. The van der Waals surface area contributed by atoms with Gasteiger partial charge < -0.3 is 20.1 Å². The number of amides is 1. The van der Waals surface area contributed by atoms with Crippen molar-refractivity contribution in [1.29, 1.82) is 0 Å². The van der Waals surface area contributed by atoms with Crippen LogP contribution in [0, 0.1) is 5.82 Å². The summed E-state index contributed by atoms with van der Waals surface area (Å²) < 4.78 is 24.0. The molecule has 1 heterocycles. The minimum atomic E-state index is -0.516. The minimum absolute atomic E-state index is 0.162. The first-order chi connectivity index (χ1) is 9.74. The van der Waals surface area contributed by atoms with Crippen LogP contribution >= 0.6 is 0 Å². The molecule has 1 aromatic rings. The van der Waals surface area contributed by atoms with E-state index in [0.29, 0.717) is 25.3 Å². The molecule has 0 aliphatic carbocycles. The molecule has 1 fully saturated rings. The van der Waals surface area contributed by atoms with E-state index in [1.165, 1.54) is 18.2 Å². The third-order valence-corrected chi connectivity index (χ3v) is 3.06. The Labute approximate surface area is 123 Å². The van der Waals surface area contributed by atoms with Crippen LogP contribution in [0.25, 0.3) is 0 Å². The number of anilines is 1. The fourth-order valence-corrected chi connectivity index (χ4v) is 2.12. The van der Waals surface area contributed by atoms with Crippen molar-refractivity contribution in [3.05, 3.63) is 24.0 Å². The van der Waals surface area contributed by atoms with Crippen molar-refractivity contribution in [2.75, 3.05) is 18.8 Å². The summed E-state index contributed by atoms with van der Waals surface area (Å²) in [4.78, 5) is 13.6. The zero-order chi connectivity index (χ0) is 15.6. The van der Waals surface area contributed by atoms with Crippen molar-refractivity contribution in [2.24, 2.45) is 0 Å². The highest BCUT2D eigenvalue weighted by atomic mass is 19.1. The molecule has 6 heteroatoms. The quantitative estimate of drug-likeness (QED) is 0.852. The normalized spacial score (nSPS) is 18.7. The van der Waals surface area contributed by atoms with E-state index in [0.717, 1.165) is 0 Å². The Bertz CT molecular complexity index is 528. The van der Waals surface area contributed by atoms with Crippen LogP contribution in [0.2, 0.25) is 0 Å². The molecule has 2 N–H and O–H groups in total. The van der Waals surface area contributed by atoms with E-state index in [1.807, 2.05) is 20.8 Å². The van der Waals surface area contributed by atoms with E-state index < -0.39 is 11.4 Å². The van der Waals surface area contributed by atoms with Crippen molar-refractivity contribution in [2.45, 2.75) is 38.9 Å². The predicted molar refractivity (Wildman–Crippen MR) is 77.7 cm³/mol. The highest BCUT2D eigenvalue weighted by molar-refractivity contribution is 5.68. The van der Waals surface area contributed by atoms with Gasteiger partial charge in [-0.15, -0.1) is 0 Å². The zero-order valence-electron chi connectivity index (χ0n) is 12.6. The lowest BCUT2D eigenvalue weighted by Crippen LogP contribution is -2.36. The Morgan fingerprint density at radius 3 is 2.76 bits per heavy atom. The summed E-state index contributed by atoms with van der Waals surface area (Å²) in [7, 11) is 0. The molecule has 0 bridgehead atoms. The Morgan fingerprint density at radius 1 is 1.43 bits per heavy atom. The predicted octanol–water partition coefficient (Wildman–Crippen LogP) is 2.80. The van der Waals surface area contributed by atoms with E-state index >= 15 is 0 Å². The number of nitrogen functional groups attached to an aromatic ring is 1. The van der Waals surface area contributed by atoms with Crippen LogP contribution in [0.15, 0.2) is 18.2 Å². The highest BCUT2D eigenvalue weighted by Gasteiger charge is 2.31. The lowest BCUT2D eigenvalue weighted by atomic mass is 10.2. The molecule has 1 aromatic carbocycles. The van der Waals surface area contributed by atoms with E-state index in [2.05, 4.69) is 0 Å². The van der Waals surface area contributed by atoms with Gasteiger partial charge in [0.1, 0.15) is 23.3 Å². The molecular weight excluding hydrogens is 275 g/mol. The molecule has 2 rings (SSSR count). The smallest absolute Gasteiger partial charge is 0.410 e. The molecule has 0 spiro atoms. The number of nitrogens with zero attached hydrogens (tertiary/aromatic N) is 1. The van der Waals surface area contributed by atoms with Gasteiger partial charge >= 0.3 is 6.09 Å². The molecule has 21 heavy (non-hydrogen) atoms. The fourth-order valence-electron chi connectivity index (χ4n) is 2.12. The van der Waals surface area contributed by atoms with E-state index in [9.17, 15) is 9.18 Å². The number of benzene rings is 1. The topological polar surface area (TPSA) is 64.8 Å². The van der Waals surface area contributed by atoms with Crippen molar-refractivity contribution in [1.82, 2.24) is 4.90 Å². The average Bonchev–Trinajstić information content (AvgIpc) is 2.79. The van der Waals surface area contributed by atoms with Crippen LogP contribution in [0.5, 0.6) is 5.75 Å². The monoisotopic (exact) mass is 296 g/mol. The van der Waals surface area contributed by atoms with Crippen LogP contribution < -0.4 is 10.5 Å². The highest BCUT2D eigenvalue weighted by Crippen LogP contribution is 2.26. The second kappa shape index (κ2) is 5.79. The third kappa shape index (κ3) is 4.24. The SMILES string of the molecule is CC(C)(C)OC(=O)N1CCC(Oc2ccc(F)cc2N)C1. The lowest BCUT2D eigenvalue weighted by Gasteiger charge is -2.24. The molecule has 116 valence electrons. The molecule has 1 saturated heterocycles. The van der Waals surface area contributed by atoms with Crippen molar-refractivity contribution in [3.8, 4) is 5.75 Å². The van der Waals surface area contributed by atoms with Crippen LogP contribution in [0.1, 0.15) is 27.2 Å². The molecular formula is C15H21FN2O3. The molecule has 1 aliphatic rings. The number of halogens is 1. The Kier molecular flexibility index (Phi) is 4.25. The first-order valence-corrected chi connectivity index (χ1v) is 6.94. The van der Waals surface area contributed by atoms with Gasteiger partial charge in [0.25, 0.3) is 0 Å². The first-order valence-electron chi connectivity index (χ1n) is 6.94. The van der Waals surface area contributed by atoms with Gasteiger partial charge in [-0.05, 0) is 32.9 Å². The summed E-state index contributed by atoms with van der Waals surface area (Å²) >= 11 is 0. The number of nitrogens with two attached hydrogens (primary N) is 1. The van der Waals surface area contributed by atoms with Gasteiger partial charge in [0.15, 0.2) is 0 Å². The maximum Gasteiger partial charge on any atom is 0.410 e. The maximum atomic E-state index is 13.0. The van der Waals surface area contributed by atoms with Gasteiger partial charge in [-0.1, -0.05) is 0 Å². The number of carbonyl (C=O) groups excluding carboxylic acids is 1. The molecule has 1 atom stereocenters. The number of ether oxygens (including phenoxy) is 2. The van der Waals surface area contributed by atoms with Crippen LogP contribution in [-0.2, 0) is 4.74 Å². The third-order valence-electron chi connectivity index (χ3n) is 3.06. The van der Waals surface area contributed by atoms with Gasteiger partial charge in [0, 0.05) is 19.0 Å². The summed E-state index contributed by atoms with van der Waals surface area (Å²) in [6, 6.07) is 4.02. The lowest BCUT2D eigenvalue weighted by molar-refractivity contribution is 0.0276. The number of likely N-dealkylation sites (tertiary alicyclic amines) is 1. The summed E-state index contributed by atoms with van der Waals surface area (Å²) in [6.45, 7) is 6.49. The fraction of sp³-hybridized carbons (Fsp3) is 0.533. The van der Waals surface area contributed by atoms with Gasteiger partial charge in [-0.3, -0.25) is 0 Å². The largest absolute Gasteiger partial charge is 0.486 e.